The molecule has 1 saturated heterocycles. The van der Waals surface area contributed by atoms with Crippen LogP contribution in [0.25, 0.3) is 0 Å². The number of urea groups is 1. The topological polar surface area (TPSA) is 60.9 Å². The highest BCUT2D eigenvalue weighted by Crippen LogP contribution is 2.29. The number of nitrogens with zero attached hydrogens (tertiary/aromatic N) is 2. The molecule has 0 aromatic carbocycles. The first-order valence-corrected chi connectivity index (χ1v) is 7.08. The maximum absolute atomic E-state index is 12.2. The van der Waals surface area contributed by atoms with E-state index in [4.69, 9.17) is 5.11 Å². The Morgan fingerprint density at radius 2 is 2.11 bits per heavy atom. The fourth-order valence-corrected chi connectivity index (χ4v) is 3.10. The van der Waals surface area contributed by atoms with Gasteiger partial charge >= 0.3 is 12.0 Å². The van der Waals surface area contributed by atoms with Crippen molar-refractivity contribution >= 4 is 23.8 Å². The highest BCUT2D eigenvalue weighted by Gasteiger charge is 2.31. The number of amides is 2. The molecular weight excluding hydrogens is 252 g/mol. The molecular formula is C12H22N2O3S. The summed E-state index contributed by atoms with van der Waals surface area (Å²) in [5, 5.41) is 8.85. The molecule has 2 amide bonds. The lowest BCUT2D eigenvalue weighted by atomic mass is 10.1. The smallest absolute Gasteiger partial charge is 0.319 e. The third-order valence-electron chi connectivity index (χ3n) is 2.99. The van der Waals surface area contributed by atoms with E-state index < -0.39 is 11.9 Å². The molecule has 6 heteroatoms. The predicted molar refractivity (Wildman–Crippen MR) is 72.9 cm³/mol. The van der Waals surface area contributed by atoms with Gasteiger partial charge in [0.05, 0.1) is 5.92 Å². The summed E-state index contributed by atoms with van der Waals surface area (Å²) in [6.07, 6.45) is 0. The van der Waals surface area contributed by atoms with Crippen LogP contribution in [0.1, 0.15) is 20.8 Å². The normalized spacial score (nSPS) is 20.3. The minimum Gasteiger partial charge on any atom is -0.481 e. The Kier molecular flexibility index (Phi) is 4.90. The summed E-state index contributed by atoms with van der Waals surface area (Å²) < 4.78 is 0.0766. The van der Waals surface area contributed by atoms with E-state index in [1.54, 1.807) is 14.0 Å². The minimum atomic E-state index is -0.871. The van der Waals surface area contributed by atoms with E-state index in [1.807, 2.05) is 16.7 Å². The van der Waals surface area contributed by atoms with E-state index in [0.717, 1.165) is 12.3 Å². The molecule has 5 nitrogen and oxygen atoms in total. The van der Waals surface area contributed by atoms with E-state index in [1.165, 1.54) is 4.90 Å². The second kappa shape index (κ2) is 5.82. The van der Waals surface area contributed by atoms with Gasteiger partial charge in [-0.1, -0.05) is 6.92 Å². The second-order valence-electron chi connectivity index (χ2n) is 5.43. The zero-order valence-corrected chi connectivity index (χ0v) is 12.3. The van der Waals surface area contributed by atoms with Crippen molar-refractivity contribution in [3.8, 4) is 0 Å². The van der Waals surface area contributed by atoms with Crippen molar-refractivity contribution in [2.45, 2.75) is 25.5 Å². The molecule has 0 saturated carbocycles. The van der Waals surface area contributed by atoms with Crippen LogP contribution in [-0.4, -0.2) is 64.1 Å². The van der Waals surface area contributed by atoms with Gasteiger partial charge in [-0.05, 0) is 13.8 Å². The SMILES string of the molecule is CC(CN(C)C(=O)N1CCSC(C)(C)C1)C(=O)O. The fourth-order valence-electron chi connectivity index (χ4n) is 1.99. The van der Waals surface area contributed by atoms with Crippen LogP contribution in [0.4, 0.5) is 4.79 Å². The van der Waals surface area contributed by atoms with Crippen LogP contribution in [0.3, 0.4) is 0 Å². The van der Waals surface area contributed by atoms with Crippen LogP contribution in [0.5, 0.6) is 0 Å². The summed E-state index contributed by atoms with van der Waals surface area (Å²) in [4.78, 5) is 26.3. The Labute approximate surface area is 113 Å². The fraction of sp³-hybridized carbons (Fsp3) is 0.833. The molecule has 1 unspecified atom stereocenters. The monoisotopic (exact) mass is 274 g/mol. The van der Waals surface area contributed by atoms with E-state index in [0.29, 0.717) is 6.54 Å². The Morgan fingerprint density at radius 1 is 1.50 bits per heavy atom. The van der Waals surface area contributed by atoms with E-state index in [-0.39, 0.29) is 17.3 Å². The van der Waals surface area contributed by atoms with Gasteiger partial charge in [0.2, 0.25) is 0 Å². The Balaban J connectivity index is 2.55. The summed E-state index contributed by atoms with van der Waals surface area (Å²) in [5.41, 5.74) is 0. The third kappa shape index (κ3) is 4.08. The highest BCUT2D eigenvalue weighted by atomic mass is 32.2. The quantitative estimate of drug-likeness (QED) is 0.849. The third-order valence-corrected chi connectivity index (χ3v) is 4.29. The van der Waals surface area contributed by atoms with Crippen molar-refractivity contribution in [3.05, 3.63) is 0 Å². The van der Waals surface area contributed by atoms with Crippen molar-refractivity contribution in [3.63, 3.8) is 0 Å². The van der Waals surface area contributed by atoms with Gasteiger partial charge in [0, 0.05) is 37.2 Å². The van der Waals surface area contributed by atoms with Crippen molar-refractivity contribution in [1.82, 2.24) is 9.80 Å². The zero-order chi connectivity index (χ0) is 13.9. The van der Waals surface area contributed by atoms with Crippen molar-refractivity contribution < 1.29 is 14.7 Å². The number of aliphatic carboxylic acids is 1. The summed E-state index contributed by atoms with van der Waals surface area (Å²) in [7, 11) is 1.66. The molecule has 0 radical (unpaired) electrons. The van der Waals surface area contributed by atoms with Crippen LogP contribution in [0.15, 0.2) is 0 Å². The number of hydrogen-bond acceptors (Lipinski definition) is 3. The lowest BCUT2D eigenvalue weighted by Gasteiger charge is -2.39. The Morgan fingerprint density at radius 3 is 2.61 bits per heavy atom. The first kappa shape index (κ1) is 15.1. The Hall–Kier alpha value is -0.910. The average Bonchev–Trinajstić information content (AvgIpc) is 2.26. The molecule has 0 spiro atoms. The maximum atomic E-state index is 12.2. The molecule has 1 aliphatic heterocycles. The minimum absolute atomic E-state index is 0.0727. The van der Waals surface area contributed by atoms with Crippen molar-refractivity contribution in [1.29, 1.82) is 0 Å². The number of carbonyl (C=O) groups excluding carboxylic acids is 1. The molecule has 1 rings (SSSR count). The van der Waals surface area contributed by atoms with Gasteiger partial charge in [0.15, 0.2) is 0 Å². The van der Waals surface area contributed by atoms with Crippen molar-refractivity contribution in [2.24, 2.45) is 5.92 Å². The van der Waals surface area contributed by atoms with Crippen LogP contribution >= 0.6 is 11.8 Å². The molecule has 1 heterocycles. The summed E-state index contributed by atoms with van der Waals surface area (Å²) in [6.45, 7) is 7.55. The van der Waals surface area contributed by atoms with E-state index >= 15 is 0 Å². The first-order valence-electron chi connectivity index (χ1n) is 6.10. The van der Waals surface area contributed by atoms with Gasteiger partial charge in [0.1, 0.15) is 0 Å². The molecule has 0 aromatic heterocycles. The number of rotatable bonds is 3. The lowest BCUT2D eigenvalue weighted by molar-refractivity contribution is -0.141. The summed E-state index contributed by atoms with van der Waals surface area (Å²) in [5.74, 6) is -0.476. The van der Waals surface area contributed by atoms with Crippen LogP contribution in [-0.2, 0) is 4.79 Å². The Bertz CT molecular complexity index is 333. The van der Waals surface area contributed by atoms with Gasteiger partial charge in [-0.25, -0.2) is 4.79 Å². The van der Waals surface area contributed by atoms with E-state index in [9.17, 15) is 9.59 Å². The van der Waals surface area contributed by atoms with Gasteiger partial charge in [-0.15, -0.1) is 0 Å². The summed E-state index contributed by atoms with van der Waals surface area (Å²) in [6, 6.07) is -0.0727. The molecule has 1 N–H and O–H groups in total. The number of hydrogen-bond donors (Lipinski definition) is 1. The van der Waals surface area contributed by atoms with Crippen molar-refractivity contribution in [2.75, 3.05) is 32.4 Å². The van der Waals surface area contributed by atoms with Gasteiger partial charge in [-0.2, -0.15) is 11.8 Å². The molecule has 0 aliphatic carbocycles. The molecule has 104 valence electrons. The van der Waals surface area contributed by atoms with Crippen LogP contribution < -0.4 is 0 Å². The predicted octanol–water partition coefficient (Wildman–Crippen LogP) is 1.59. The zero-order valence-electron chi connectivity index (χ0n) is 11.5. The number of carboxylic acid groups (broad SMARTS) is 1. The number of carbonyl (C=O) groups is 2. The molecule has 1 atom stereocenters. The van der Waals surface area contributed by atoms with E-state index in [2.05, 4.69) is 13.8 Å². The first-order chi connectivity index (χ1) is 8.23. The molecule has 0 bridgehead atoms. The van der Waals surface area contributed by atoms with Gasteiger partial charge in [0.25, 0.3) is 0 Å². The molecule has 1 fully saturated rings. The molecule has 1 aliphatic rings. The largest absolute Gasteiger partial charge is 0.481 e. The van der Waals surface area contributed by atoms with Crippen LogP contribution in [0.2, 0.25) is 0 Å². The average molecular weight is 274 g/mol. The molecule has 0 aromatic rings. The van der Waals surface area contributed by atoms with Gasteiger partial charge in [-0.3, -0.25) is 4.79 Å². The second-order valence-corrected chi connectivity index (χ2v) is 7.23. The summed E-state index contributed by atoms with van der Waals surface area (Å²) >= 11 is 1.87. The standard InChI is InChI=1S/C12H22N2O3S/c1-9(10(15)16)7-13(4)11(17)14-5-6-18-12(2,3)8-14/h9H,5-8H2,1-4H3,(H,15,16). The number of thioether (sulfide) groups is 1. The lowest BCUT2D eigenvalue weighted by Crippen LogP contribution is -2.51. The maximum Gasteiger partial charge on any atom is 0.319 e. The van der Waals surface area contributed by atoms with Gasteiger partial charge < -0.3 is 14.9 Å². The molecule has 18 heavy (non-hydrogen) atoms. The highest BCUT2D eigenvalue weighted by molar-refractivity contribution is 8.00. The number of carboxylic acids is 1. The van der Waals surface area contributed by atoms with Crippen LogP contribution in [0, 0.1) is 5.92 Å².